The van der Waals surface area contributed by atoms with Gasteiger partial charge < -0.3 is 20.3 Å². The number of carbonyl (C=O) groups excluding carboxylic acids is 1. The first kappa shape index (κ1) is 20.2. The van der Waals surface area contributed by atoms with Crippen LogP contribution in [0.15, 0.2) is 29.3 Å². The van der Waals surface area contributed by atoms with E-state index >= 15 is 0 Å². The zero-order chi connectivity index (χ0) is 20.4. The third-order valence-corrected chi connectivity index (χ3v) is 6.74. The number of nitrogens with zero attached hydrogens (tertiary/aromatic N) is 2. The van der Waals surface area contributed by atoms with Crippen molar-refractivity contribution in [2.24, 2.45) is 16.3 Å². The number of aliphatic imine (C=N–C) groups is 1. The number of ether oxygens (including phenoxy) is 1. The van der Waals surface area contributed by atoms with Crippen LogP contribution in [0.25, 0.3) is 0 Å². The number of fused-ring (bicyclic) bond motifs is 2. The van der Waals surface area contributed by atoms with E-state index in [-0.39, 0.29) is 11.3 Å². The fourth-order valence-electron chi connectivity index (χ4n) is 5.24. The summed E-state index contributed by atoms with van der Waals surface area (Å²) in [5.74, 6) is 1.63. The summed E-state index contributed by atoms with van der Waals surface area (Å²) in [6.45, 7) is 9.76. The molecule has 1 saturated carbocycles. The minimum absolute atomic E-state index is 0.121. The second-order valence-corrected chi connectivity index (χ2v) is 8.98. The minimum atomic E-state index is 0.121. The molecule has 1 saturated heterocycles. The van der Waals surface area contributed by atoms with Gasteiger partial charge in [0, 0.05) is 55.7 Å². The van der Waals surface area contributed by atoms with Gasteiger partial charge in [-0.25, -0.2) is 0 Å². The number of hydrogen-bond acceptors (Lipinski definition) is 3. The second-order valence-electron chi connectivity index (χ2n) is 8.98. The summed E-state index contributed by atoms with van der Waals surface area (Å²) in [4.78, 5) is 19.3. The topological polar surface area (TPSA) is 66.0 Å². The minimum Gasteiger partial charge on any atom is -0.377 e. The summed E-state index contributed by atoms with van der Waals surface area (Å²) >= 11 is 0. The number of amides is 1. The average Bonchev–Trinajstić information content (AvgIpc) is 3.34. The molecule has 2 N–H and O–H groups in total. The van der Waals surface area contributed by atoms with Gasteiger partial charge in [0.25, 0.3) is 0 Å². The van der Waals surface area contributed by atoms with Gasteiger partial charge in [-0.2, -0.15) is 0 Å². The Kier molecular flexibility index (Phi) is 5.81. The molecule has 1 aromatic rings. The van der Waals surface area contributed by atoms with E-state index in [1.54, 1.807) is 0 Å². The van der Waals surface area contributed by atoms with Crippen LogP contribution in [0.1, 0.15) is 45.6 Å². The molecular weight excluding hydrogens is 364 g/mol. The van der Waals surface area contributed by atoms with E-state index in [0.717, 1.165) is 50.6 Å². The highest BCUT2D eigenvalue weighted by Gasteiger charge is 2.59. The summed E-state index contributed by atoms with van der Waals surface area (Å²) in [6.07, 6.45) is 3.74. The van der Waals surface area contributed by atoms with Gasteiger partial charge in [0.1, 0.15) is 0 Å². The number of guanidine groups is 1. The third-order valence-electron chi connectivity index (χ3n) is 6.74. The Labute approximate surface area is 174 Å². The summed E-state index contributed by atoms with van der Waals surface area (Å²) in [6, 6.07) is 8.59. The van der Waals surface area contributed by atoms with Crippen LogP contribution >= 0.6 is 0 Å². The molecule has 3 unspecified atom stereocenters. The maximum Gasteiger partial charge on any atom is 0.227 e. The largest absolute Gasteiger partial charge is 0.377 e. The summed E-state index contributed by atoms with van der Waals surface area (Å²) in [5.41, 5.74) is 2.47. The maximum absolute atomic E-state index is 12.7. The van der Waals surface area contributed by atoms with E-state index < -0.39 is 0 Å². The van der Waals surface area contributed by atoms with Crippen molar-refractivity contribution in [2.45, 2.75) is 58.6 Å². The van der Waals surface area contributed by atoms with E-state index in [9.17, 15) is 4.79 Å². The number of para-hydroxylation sites is 1. The standard InChI is InChI=1S/C23H34N4O2/c1-4-24-22(26-20-17-12-15-29-21(17)23(20,2)3)25-13-7-10-19(28)27-14-11-16-8-5-6-9-18(16)27/h5-6,8-9,17,20-21H,4,7,10-15H2,1-3H3,(H2,24,25,26). The van der Waals surface area contributed by atoms with Crippen molar-refractivity contribution in [1.82, 2.24) is 10.6 Å². The molecule has 4 rings (SSSR count). The highest BCUT2D eigenvalue weighted by Crippen LogP contribution is 2.52. The Balaban J connectivity index is 1.28. The molecule has 0 radical (unpaired) electrons. The van der Waals surface area contributed by atoms with Crippen LogP contribution < -0.4 is 15.5 Å². The van der Waals surface area contributed by atoms with Crippen LogP contribution in [0.2, 0.25) is 0 Å². The van der Waals surface area contributed by atoms with Crippen LogP contribution in [0.4, 0.5) is 5.69 Å². The predicted molar refractivity (Wildman–Crippen MR) is 116 cm³/mol. The molecule has 1 amide bonds. The summed E-state index contributed by atoms with van der Waals surface area (Å²) in [7, 11) is 0. The smallest absolute Gasteiger partial charge is 0.227 e. The van der Waals surface area contributed by atoms with Gasteiger partial charge in [-0.1, -0.05) is 32.0 Å². The number of hydrogen-bond donors (Lipinski definition) is 2. The van der Waals surface area contributed by atoms with Crippen molar-refractivity contribution in [3.8, 4) is 0 Å². The number of anilines is 1. The third kappa shape index (κ3) is 3.87. The first-order valence-corrected chi connectivity index (χ1v) is 11.1. The quantitative estimate of drug-likeness (QED) is 0.439. The molecule has 1 aromatic carbocycles. The SMILES string of the molecule is CCNC(=NCCCC(=O)N1CCc2ccccc21)NC1C2CCOC2C1(C)C. The Morgan fingerprint density at radius 1 is 1.34 bits per heavy atom. The molecule has 3 atom stereocenters. The number of benzene rings is 1. The van der Waals surface area contributed by atoms with Crippen molar-refractivity contribution < 1.29 is 9.53 Å². The van der Waals surface area contributed by atoms with Crippen molar-refractivity contribution in [3.05, 3.63) is 29.8 Å². The molecular formula is C23H34N4O2. The molecule has 2 heterocycles. The zero-order valence-electron chi connectivity index (χ0n) is 17.9. The fourth-order valence-corrected chi connectivity index (χ4v) is 5.24. The van der Waals surface area contributed by atoms with E-state index in [2.05, 4.69) is 37.5 Å². The van der Waals surface area contributed by atoms with Gasteiger partial charge in [-0.3, -0.25) is 9.79 Å². The monoisotopic (exact) mass is 398 g/mol. The van der Waals surface area contributed by atoms with E-state index in [1.807, 2.05) is 23.1 Å². The number of nitrogens with one attached hydrogen (secondary N) is 2. The van der Waals surface area contributed by atoms with Crippen LogP contribution in [-0.2, 0) is 16.0 Å². The average molecular weight is 399 g/mol. The lowest BCUT2D eigenvalue weighted by molar-refractivity contribution is -0.118. The molecule has 29 heavy (non-hydrogen) atoms. The number of carbonyl (C=O) groups is 1. The first-order valence-electron chi connectivity index (χ1n) is 11.1. The van der Waals surface area contributed by atoms with Gasteiger partial charge in [-0.15, -0.1) is 0 Å². The first-order chi connectivity index (χ1) is 14.0. The van der Waals surface area contributed by atoms with Crippen molar-refractivity contribution in [2.75, 3.05) is 31.1 Å². The van der Waals surface area contributed by atoms with Gasteiger partial charge in [-0.05, 0) is 37.8 Å². The molecule has 6 nitrogen and oxygen atoms in total. The Morgan fingerprint density at radius 2 is 2.17 bits per heavy atom. The highest BCUT2D eigenvalue weighted by atomic mass is 16.5. The maximum atomic E-state index is 12.7. The summed E-state index contributed by atoms with van der Waals surface area (Å²) in [5, 5.41) is 6.99. The highest BCUT2D eigenvalue weighted by molar-refractivity contribution is 5.95. The van der Waals surface area contributed by atoms with Crippen molar-refractivity contribution in [3.63, 3.8) is 0 Å². The molecule has 2 fully saturated rings. The van der Waals surface area contributed by atoms with Crippen LogP contribution in [0.5, 0.6) is 0 Å². The zero-order valence-corrected chi connectivity index (χ0v) is 17.9. The molecule has 0 aromatic heterocycles. The van der Waals surface area contributed by atoms with Crippen molar-refractivity contribution in [1.29, 1.82) is 0 Å². The van der Waals surface area contributed by atoms with Crippen LogP contribution in [0.3, 0.4) is 0 Å². The van der Waals surface area contributed by atoms with E-state index in [0.29, 0.717) is 31.0 Å². The van der Waals surface area contributed by atoms with Crippen LogP contribution in [0, 0.1) is 11.3 Å². The normalized spacial score (nSPS) is 27.2. The Bertz CT molecular complexity index is 776. The molecule has 3 aliphatic rings. The molecule has 6 heteroatoms. The Morgan fingerprint density at radius 3 is 3.00 bits per heavy atom. The molecule has 0 spiro atoms. The molecule has 0 bridgehead atoms. The van der Waals surface area contributed by atoms with Gasteiger partial charge in [0.15, 0.2) is 5.96 Å². The van der Waals surface area contributed by atoms with E-state index in [1.165, 1.54) is 5.56 Å². The molecule has 2 aliphatic heterocycles. The van der Waals surface area contributed by atoms with Gasteiger partial charge in [0.2, 0.25) is 5.91 Å². The Hall–Kier alpha value is -2.08. The second kappa shape index (κ2) is 8.34. The van der Waals surface area contributed by atoms with Gasteiger partial charge >= 0.3 is 0 Å². The lowest BCUT2D eigenvalue weighted by Crippen LogP contribution is -2.67. The lowest BCUT2D eigenvalue weighted by atomic mass is 9.57. The lowest BCUT2D eigenvalue weighted by Gasteiger charge is -2.54. The molecule has 1 aliphatic carbocycles. The number of rotatable bonds is 6. The molecule has 158 valence electrons. The summed E-state index contributed by atoms with van der Waals surface area (Å²) < 4.78 is 5.90. The van der Waals surface area contributed by atoms with Crippen molar-refractivity contribution >= 4 is 17.6 Å². The van der Waals surface area contributed by atoms with Crippen LogP contribution in [-0.4, -0.2) is 50.3 Å². The van der Waals surface area contributed by atoms with E-state index in [4.69, 9.17) is 9.73 Å². The predicted octanol–water partition coefficient (Wildman–Crippen LogP) is 2.72. The van der Waals surface area contributed by atoms with Gasteiger partial charge in [0.05, 0.1) is 6.10 Å². The fraction of sp³-hybridized carbons (Fsp3) is 0.652.